The Balaban J connectivity index is 2.14. The summed E-state index contributed by atoms with van der Waals surface area (Å²) >= 11 is 0. The molecule has 1 aromatic heterocycles. The molecule has 0 unspecified atom stereocenters. The van der Waals surface area contributed by atoms with Crippen LogP contribution in [0.4, 0.5) is 5.88 Å². The molecule has 0 amide bonds. The SMILES string of the molecule is CCc1nc(C#N)c(NC[C@H](c2ccc(OC)cc2)N(C)C)o1. The maximum atomic E-state index is 9.14. The molecule has 0 aliphatic rings. The Kier molecular flexibility index (Phi) is 5.61. The second-order valence-electron chi connectivity index (χ2n) is 5.38. The molecule has 2 aromatic rings. The summed E-state index contributed by atoms with van der Waals surface area (Å²) in [5, 5.41) is 12.3. The third kappa shape index (κ3) is 4.02. The van der Waals surface area contributed by atoms with Crippen molar-refractivity contribution >= 4 is 5.88 Å². The van der Waals surface area contributed by atoms with E-state index in [1.54, 1.807) is 7.11 Å². The van der Waals surface area contributed by atoms with Gasteiger partial charge in [0.05, 0.1) is 13.2 Å². The zero-order valence-electron chi connectivity index (χ0n) is 14.0. The van der Waals surface area contributed by atoms with Crippen LogP contribution in [0.2, 0.25) is 0 Å². The number of rotatable bonds is 7. The number of nitrogens with zero attached hydrogens (tertiary/aromatic N) is 3. The zero-order valence-corrected chi connectivity index (χ0v) is 14.0. The topological polar surface area (TPSA) is 74.3 Å². The van der Waals surface area contributed by atoms with Gasteiger partial charge in [-0.3, -0.25) is 0 Å². The van der Waals surface area contributed by atoms with Crippen LogP contribution in [0.3, 0.4) is 0 Å². The number of nitriles is 1. The van der Waals surface area contributed by atoms with Crippen LogP contribution in [0.5, 0.6) is 5.75 Å². The number of benzene rings is 1. The number of anilines is 1. The fraction of sp³-hybridized carbons (Fsp3) is 0.412. The fourth-order valence-corrected chi connectivity index (χ4v) is 2.33. The number of aryl methyl sites for hydroxylation is 1. The summed E-state index contributed by atoms with van der Waals surface area (Å²) in [6.07, 6.45) is 0.659. The zero-order chi connectivity index (χ0) is 16.8. The quantitative estimate of drug-likeness (QED) is 0.847. The molecule has 122 valence electrons. The van der Waals surface area contributed by atoms with Crippen molar-refractivity contribution in [2.75, 3.05) is 33.1 Å². The number of hydrogen-bond acceptors (Lipinski definition) is 6. The Bertz CT molecular complexity index is 671. The van der Waals surface area contributed by atoms with E-state index in [0.717, 1.165) is 11.3 Å². The van der Waals surface area contributed by atoms with Gasteiger partial charge in [0.15, 0.2) is 5.89 Å². The molecule has 0 aliphatic carbocycles. The largest absolute Gasteiger partial charge is 0.497 e. The normalized spacial score (nSPS) is 12.0. The van der Waals surface area contributed by atoms with Gasteiger partial charge in [-0.1, -0.05) is 19.1 Å². The summed E-state index contributed by atoms with van der Waals surface area (Å²) < 4.78 is 10.8. The monoisotopic (exact) mass is 314 g/mol. The third-order valence-electron chi connectivity index (χ3n) is 3.66. The van der Waals surface area contributed by atoms with Crippen molar-refractivity contribution < 1.29 is 9.15 Å². The van der Waals surface area contributed by atoms with Crippen LogP contribution in [-0.4, -0.2) is 37.6 Å². The van der Waals surface area contributed by atoms with Gasteiger partial charge in [0.1, 0.15) is 11.8 Å². The molecule has 0 aliphatic heterocycles. The molecule has 0 radical (unpaired) electrons. The first-order valence-corrected chi connectivity index (χ1v) is 7.53. The van der Waals surface area contributed by atoms with Crippen molar-refractivity contribution in [3.05, 3.63) is 41.4 Å². The van der Waals surface area contributed by atoms with E-state index in [9.17, 15) is 0 Å². The molecule has 0 saturated heterocycles. The molecule has 0 spiro atoms. The summed E-state index contributed by atoms with van der Waals surface area (Å²) in [5.74, 6) is 1.83. The van der Waals surface area contributed by atoms with Gasteiger partial charge >= 0.3 is 0 Å². The number of hydrogen-bond donors (Lipinski definition) is 1. The van der Waals surface area contributed by atoms with E-state index in [1.165, 1.54) is 0 Å². The predicted molar refractivity (Wildman–Crippen MR) is 88.5 cm³/mol. The molecule has 1 atom stereocenters. The highest BCUT2D eigenvalue weighted by Gasteiger charge is 2.17. The van der Waals surface area contributed by atoms with E-state index in [-0.39, 0.29) is 6.04 Å². The fourth-order valence-electron chi connectivity index (χ4n) is 2.33. The van der Waals surface area contributed by atoms with Crippen LogP contribution < -0.4 is 10.1 Å². The van der Waals surface area contributed by atoms with Gasteiger partial charge in [-0.15, -0.1) is 0 Å². The predicted octanol–water partition coefficient (Wildman–Crippen LogP) is 2.83. The molecule has 23 heavy (non-hydrogen) atoms. The van der Waals surface area contributed by atoms with Gasteiger partial charge < -0.3 is 19.4 Å². The average Bonchev–Trinajstić information content (AvgIpc) is 2.97. The minimum absolute atomic E-state index is 0.127. The maximum absolute atomic E-state index is 9.14. The minimum Gasteiger partial charge on any atom is -0.497 e. The second kappa shape index (κ2) is 7.65. The van der Waals surface area contributed by atoms with Gasteiger partial charge in [0.25, 0.3) is 0 Å². The van der Waals surface area contributed by atoms with Gasteiger partial charge in [-0.2, -0.15) is 5.26 Å². The van der Waals surface area contributed by atoms with Crippen LogP contribution in [0.25, 0.3) is 0 Å². The number of aromatic nitrogens is 1. The van der Waals surface area contributed by atoms with Crippen molar-refractivity contribution in [3.63, 3.8) is 0 Å². The van der Waals surface area contributed by atoms with Crippen LogP contribution >= 0.6 is 0 Å². The number of methoxy groups -OCH3 is 1. The van der Waals surface area contributed by atoms with Crippen molar-refractivity contribution in [2.45, 2.75) is 19.4 Å². The Morgan fingerprint density at radius 1 is 1.35 bits per heavy atom. The van der Waals surface area contributed by atoms with E-state index in [1.807, 2.05) is 45.3 Å². The lowest BCUT2D eigenvalue weighted by Crippen LogP contribution is -2.26. The highest BCUT2D eigenvalue weighted by Crippen LogP contribution is 2.23. The summed E-state index contributed by atoms with van der Waals surface area (Å²) in [6.45, 7) is 2.54. The minimum atomic E-state index is 0.127. The molecule has 0 fully saturated rings. The van der Waals surface area contributed by atoms with E-state index in [4.69, 9.17) is 14.4 Å². The summed E-state index contributed by atoms with van der Waals surface area (Å²) in [6, 6.07) is 10.1. The molecule has 2 rings (SSSR count). The van der Waals surface area contributed by atoms with Gasteiger partial charge in [-0.05, 0) is 31.8 Å². The molecule has 1 N–H and O–H groups in total. The van der Waals surface area contributed by atoms with Gasteiger partial charge in [-0.25, -0.2) is 4.98 Å². The molecular formula is C17H22N4O2. The smallest absolute Gasteiger partial charge is 0.232 e. The van der Waals surface area contributed by atoms with Crippen LogP contribution in [0.1, 0.15) is 30.1 Å². The average molecular weight is 314 g/mol. The van der Waals surface area contributed by atoms with E-state index < -0.39 is 0 Å². The summed E-state index contributed by atoms with van der Waals surface area (Å²) in [5.41, 5.74) is 1.45. The molecule has 0 bridgehead atoms. The third-order valence-corrected chi connectivity index (χ3v) is 3.66. The first-order valence-electron chi connectivity index (χ1n) is 7.53. The Morgan fingerprint density at radius 2 is 2.04 bits per heavy atom. The molecule has 6 heteroatoms. The lowest BCUT2D eigenvalue weighted by atomic mass is 10.1. The molecule has 6 nitrogen and oxygen atoms in total. The van der Waals surface area contributed by atoms with Gasteiger partial charge in [0.2, 0.25) is 11.6 Å². The highest BCUT2D eigenvalue weighted by atomic mass is 16.5. The molecule has 0 saturated carbocycles. The lowest BCUT2D eigenvalue weighted by Gasteiger charge is -2.25. The highest BCUT2D eigenvalue weighted by molar-refractivity contribution is 5.45. The number of oxazole rings is 1. The van der Waals surface area contributed by atoms with Gasteiger partial charge in [0, 0.05) is 13.0 Å². The van der Waals surface area contributed by atoms with Crippen molar-refractivity contribution in [1.82, 2.24) is 9.88 Å². The Labute approximate surface area is 136 Å². The second-order valence-corrected chi connectivity index (χ2v) is 5.38. The van der Waals surface area contributed by atoms with Crippen LogP contribution in [0.15, 0.2) is 28.7 Å². The van der Waals surface area contributed by atoms with Crippen molar-refractivity contribution in [2.24, 2.45) is 0 Å². The van der Waals surface area contributed by atoms with Crippen molar-refractivity contribution in [1.29, 1.82) is 5.26 Å². The molecular weight excluding hydrogens is 292 g/mol. The first-order chi connectivity index (χ1) is 11.1. The lowest BCUT2D eigenvalue weighted by molar-refractivity contribution is 0.310. The summed E-state index contributed by atoms with van der Waals surface area (Å²) in [4.78, 5) is 6.25. The van der Waals surface area contributed by atoms with Crippen molar-refractivity contribution in [3.8, 4) is 11.8 Å². The molecule has 1 aromatic carbocycles. The maximum Gasteiger partial charge on any atom is 0.232 e. The number of ether oxygens (including phenoxy) is 1. The van der Waals surface area contributed by atoms with Crippen LogP contribution in [0, 0.1) is 11.3 Å². The van der Waals surface area contributed by atoms with Crippen LogP contribution in [-0.2, 0) is 6.42 Å². The summed E-state index contributed by atoms with van der Waals surface area (Å²) in [7, 11) is 5.68. The standard InChI is InChI=1S/C17H22N4O2/c1-5-16-20-14(10-18)17(23-16)19-11-15(21(2)3)12-6-8-13(22-4)9-7-12/h6-9,15,19H,5,11H2,1-4H3/t15-/m1/s1. The number of likely N-dealkylation sites (N-methyl/N-ethyl adjacent to an activating group) is 1. The molecule has 1 heterocycles. The Hall–Kier alpha value is -2.52. The number of nitrogens with one attached hydrogen (secondary N) is 1. The van der Waals surface area contributed by atoms with E-state index in [0.29, 0.717) is 30.4 Å². The Morgan fingerprint density at radius 3 is 2.57 bits per heavy atom. The van der Waals surface area contributed by atoms with E-state index >= 15 is 0 Å². The van der Waals surface area contributed by atoms with E-state index in [2.05, 4.69) is 21.3 Å². The first kappa shape index (κ1) is 16.8.